The molecule has 0 amide bonds. The molecule has 1 aromatic heterocycles. The molecule has 1 fully saturated rings. The third-order valence-electron chi connectivity index (χ3n) is 4.10. The zero-order valence-corrected chi connectivity index (χ0v) is 13.6. The Kier molecular flexibility index (Phi) is 4.37. The van der Waals surface area contributed by atoms with Crippen LogP contribution in [0.15, 0.2) is 46.3 Å². The van der Waals surface area contributed by atoms with Crippen LogP contribution in [-0.2, 0) is 11.2 Å². The van der Waals surface area contributed by atoms with Crippen LogP contribution >= 0.6 is 27.3 Å². The molecule has 20 heavy (non-hydrogen) atoms. The smallest absolute Gasteiger partial charge is 0.136 e. The van der Waals surface area contributed by atoms with Crippen LogP contribution in [0.25, 0.3) is 0 Å². The quantitative estimate of drug-likeness (QED) is 0.744. The van der Waals surface area contributed by atoms with Gasteiger partial charge in [0.2, 0.25) is 0 Å². The Labute approximate surface area is 132 Å². The first kappa shape index (κ1) is 14.0. The van der Waals surface area contributed by atoms with E-state index in [1.54, 1.807) is 11.3 Å². The molecule has 0 saturated heterocycles. The Bertz CT molecular complexity index is 590. The van der Waals surface area contributed by atoms with Gasteiger partial charge in [-0.3, -0.25) is 4.79 Å². The van der Waals surface area contributed by atoms with Gasteiger partial charge in [0, 0.05) is 27.1 Å². The predicted octanol–water partition coefficient (Wildman–Crippen LogP) is 5.21. The molecule has 0 radical (unpaired) electrons. The summed E-state index contributed by atoms with van der Waals surface area (Å²) in [6.45, 7) is 0. The number of ketones is 1. The topological polar surface area (TPSA) is 17.1 Å². The van der Waals surface area contributed by atoms with Gasteiger partial charge in [-0.15, -0.1) is 11.3 Å². The molecular formula is C17H17BrOS. The van der Waals surface area contributed by atoms with Crippen LogP contribution in [0.4, 0.5) is 0 Å². The van der Waals surface area contributed by atoms with Crippen molar-refractivity contribution in [2.45, 2.75) is 31.6 Å². The van der Waals surface area contributed by atoms with Gasteiger partial charge in [-0.05, 0) is 52.7 Å². The summed E-state index contributed by atoms with van der Waals surface area (Å²) < 4.78 is 1.13. The molecule has 1 saturated carbocycles. The van der Waals surface area contributed by atoms with Gasteiger partial charge in [0.25, 0.3) is 0 Å². The second kappa shape index (κ2) is 6.23. The van der Waals surface area contributed by atoms with Gasteiger partial charge in [0.1, 0.15) is 5.78 Å². The zero-order chi connectivity index (χ0) is 13.9. The van der Waals surface area contributed by atoms with Crippen molar-refractivity contribution in [1.29, 1.82) is 0 Å². The highest BCUT2D eigenvalue weighted by Crippen LogP contribution is 2.36. The molecule has 104 valence electrons. The Balaban J connectivity index is 1.72. The predicted molar refractivity (Wildman–Crippen MR) is 87.3 cm³/mol. The van der Waals surface area contributed by atoms with Crippen LogP contribution in [0, 0.1) is 5.92 Å². The van der Waals surface area contributed by atoms with E-state index in [-0.39, 0.29) is 5.92 Å². The van der Waals surface area contributed by atoms with Crippen molar-refractivity contribution in [2.24, 2.45) is 5.92 Å². The number of halogens is 1. The van der Waals surface area contributed by atoms with Gasteiger partial charge in [-0.25, -0.2) is 0 Å². The third-order valence-corrected chi connectivity index (χ3v) is 5.82. The normalized spacial score (nSPS) is 22.9. The second-order valence-electron chi connectivity index (χ2n) is 5.48. The molecule has 3 rings (SSSR count). The Morgan fingerprint density at radius 3 is 2.75 bits per heavy atom. The van der Waals surface area contributed by atoms with Crippen LogP contribution in [0.5, 0.6) is 0 Å². The summed E-state index contributed by atoms with van der Waals surface area (Å²) in [5.41, 5.74) is 1.39. The lowest BCUT2D eigenvalue weighted by molar-refractivity contribution is -0.124. The number of Topliss-reactive ketones (excluding diaryl/α,β-unsaturated/α-hetero) is 1. The maximum Gasteiger partial charge on any atom is 0.136 e. The summed E-state index contributed by atoms with van der Waals surface area (Å²) >= 11 is 5.23. The SMILES string of the molecule is O=C1CCC(c2ccccc2)CC1Cc1cc(Br)cs1. The molecule has 1 aliphatic rings. The average molecular weight is 349 g/mol. The van der Waals surface area contributed by atoms with E-state index in [4.69, 9.17) is 0 Å². The molecule has 1 nitrogen and oxygen atoms in total. The van der Waals surface area contributed by atoms with E-state index in [1.165, 1.54) is 10.4 Å². The number of carbonyl (C=O) groups is 1. The van der Waals surface area contributed by atoms with E-state index in [0.717, 1.165) is 30.2 Å². The summed E-state index contributed by atoms with van der Waals surface area (Å²) in [7, 11) is 0. The van der Waals surface area contributed by atoms with Crippen molar-refractivity contribution in [2.75, 3.05) is 0 Å². The summed E-state index contributed by atoms with van der Waals surface area (Å²) in [4.78, 5) is 13.5. The van der Waals surface area contributed by atoms with Gasteiger partial charge < -0.3 is 0 Å². The first-order valence-electron chi connectivity index (χ1n) is 7.03. The first-order chi connectivity index (χ1) is 9.72. The van der Waals surface area contributed by atoms with Crippen molar-refractivity contribution in [1.82, 2.24) is 0 Å². The lowest BCUT2D eigenvalue weighted by Gasteiger charge is -2.28. The molecule has 0 spiro atoms. The van der Waals surface area contributed by atoms with E-state index < -0.39 is 0 Å². The van der Waals surface area contributed by atoms with Crippen molar-refractivity contribution in [3.63, 3.8) is 0 Å². The minimum Gasteiger partial charge on any atom is -0.299 e. The van der Waals surface area contributed by atoms with Crippen molar-refractivity contribution < 1.29 is 4.79 Å². The van der Waals surface area contributed by atoms with Crippen molar-refractivity contribution in [3.8, 4) is 0 Å². The fourth-order valence-corrected chi connectivity index (χ4v) is 4.57. The van der Waals surface area contributed by atoms with Crippen LogP contribution in [0.2, 0.25) is 0 Å². The van der Waals surface area contributed by atoms with Crippen LogP contribution < -0.4 is 0 Å². The van der Waals surface area contributed by atoms with Crippen LogP contribution in [-0.4, -0.2) is 5.78 Å². The van der Waals surface area contributed by atoms with Gasteiger partial charge in [0.15, 0.2) is 0 Å². The van der Waals surface area contributed by atoms with Crippen molar-refractivity contribution in [3.05, 3.63) is 56.7 Å². The van der Waals surface area contributed by atoms with Gasteiger partial charge in [0.05, 0.1) is 0 Å². The number of carbonyl (C=O) groups excluding carboxylic acids is 1. The van der Waals surface area contributed by atoms with E-state index in [2.05, 4.69) is 57.7 Å². The highest BCUT2D eigenvalue weighted by molar-refractivity contribution is 9.10. The summed E-state index contributed by atoms with van der Waals surface area (Å²) in [6.07, 6.45) is 3.64. The summed E-state index contributed by atoms with van der Waals surface area (Å²) in [5, 5.41) is 2.09. The molecule has 0 aliphatic heterocycles. The monoisotopic (exact) mass is 348 g/mol. The fourth-order valence-electron chi connectivity index (χ4n) is 3.04. The average Bonchev–Trinajstić information content (AvgIpc) is 2.88. The Hall–Kier alpha value is -0.930. The standard InChI is InChI=1S/C17H17BrOS/c18-15-10-16(20-11-15)9-14-8-13(6-7-17(14)19)12-4-2-1-3-5-12/h1-5,10-11,13-14H,6-9H2. The molecule has 0 N–H and O–H groups in total. The molecule has 2 unspecified atom stereocenters. The van der Waals surface area contributed by atoms with Gasteiger partial charge >= 0.3 is 0 Å². The van der Waals surface area contributed by atoms with E-state index in [9.17, 15) is 4.79 Å². The maximum atomic E-state index is 12.2. The largest absolute Gasteiger partial charge is 0.299 e. The fraction of sp³-hybridized carbons (Fsp3) is 0.353. The molecule has 2 atom stereocenters. The molecular weight excluding hydrogens is 332 g/mol. The van der Waals surface area contributed by atoms with Gasteiger partial charge in [-0.1, -0.05) is 30.3 Å². The lowest BCUT2D eigenvalue weighted by Crippen LogP contribution is -2.25. The van der Waals surface area contributed by atoms with Gasteiger partial charge in [-0.2, -0.15) is 0 Å². The lowest BCUT2D eigenvalue weighted by atomic mass is 9.76. The minimum atomic E-state index is 0.194. The molecule has 1 aromatic carbocycles. The van der Waals surface area contributed by atoms with E-state index in [1.807, 2.05) is 0 Å². The van der Waals surface area contributed by atoms with Crippen LogP contribution in [0.3, 0.4) is 0 Å². The highest BCUT2D eigenvalue weighted by atomic mass is 79.9. The molecule has 3 heteroatoms. The van der Waals surface area contributed by atoms with Crippen molar-refractivity contribution >= 4 is 33.0 Å². The molecule has 1 heterocycles. The molecule has 1 aliphatic carbocycles. The first-order valence-corrected chi connectivity index (χ1v) is 8.70. The van der Waals surface area contributed by atoms with Crippen LogP contribution in [0.1, 0.15) is 35.6 Å². The number of rotatable bonds is 3. The third kappa shape index (κ3) is 3.21. The second-order valence-corrected chi connectivity index (χ2v) is 7.39. The Morgan fingerprint density at radius 1 is 1.25 bits per heavy atom. The number of hydrogen-bond acceptors (Lipinski definition) is 2. The number of thiophene rings is 1. The zero-order valence-electron chi connectivity index (χ0n) is 11.2. The van der Waals surface area contributed by atoms with E-state index in [0.29, 0.717) is 11.7 Å². The number of benzene rings is 1. The highest BCUT2D eigenvalue weighted by Gasteiger charge is 2.29. The summed E-state index contributed by atoms with van der Waals surface area (Å²) in [5.74, 6) is 1.18. The maximum absolute atomic E-state index is 12.2. The van der Waals surface area contributed by atoms with E-state index >= 15 is 0 Å². The number of hydrogen-bond donors (Lipinski definition) is 0. The minimum absolute atomic E-state index is 0.194. The molecule has 2 aromatic rings. The summed E-state index contributed by atoms with van der Waals surface area (Å²) in [6, 6.07) is 12.8. The molecule has 0 bridgehead atoms. The Morgan fingerprint density at radius 2 is 2.05 bits per heavy atom.